The zero-order valence-corrected chi connectivity index (χ0v) is 15.0. The van der Waals surface area contributed by atoms with Gasteiger partial charge in [-0.05, 0) is 38.5 Å². The van der Waals surface area contributed by atoms with Crippen LogP contribution in [0.3, 0.4) is 0 Å². The molecule has 1 heterocycles. The van der Waals surface area contributed by atoms with Crippen LogP contribution in [0.2, 0.25) is 0 Å². The lowest BCUT2D eigenvalue weighted by molar-refractivity contribution is 0.300. The Morgan fingerprint density at radius 3 is 2.68 bits per heavy atom. The van der Waals surface area contributed by atoms with Gasteiger partial charge in [0.1, 0.15) is 0 Å². The first kappa shape index (κ1) is 18.6. The van der Waals surface area contributed by atoms with Crippen molar-refractivity contribution < 1.29 is 9.47 Å². The molecule has 0 spiro atoms. The molecule has 0 saturated heterocycles. The van der Waals surface area contributed by atoms with E-state index in [1.54, 1.807) is 6.20 Å². The highest BCUT2D eigenvalue weighted by atomic mass is 16.5. The monoisotopic (exact) mass is 342 g/mol. The van der Waals surface area contributed by atoms with E-state index >= 15 is 0 Å². The Morgan fingerprint density at radius 1 is 1.20 bits per heavy atom. The van der Waals surface area contributed by atoms with Crippen LogP contribution in [0, 0.1) is 0 Å². The molecule has 0 aliphatic heterocycles. The Kier molecular flexibility index (Phi) is 7.07. The number of benzene rings is 1. The van der Waals surface area contributed by atoms with Crippen LogP contribution in [-0.4, -0.2) is 23.6 Å². The first-order valence-corrected chi connectivity index (χ1v) is 8.50. The lowest BCUT2D eigenvalue weighted by atomic mass is 10.2. The Morgan fingerprint density at radius 2 is 1.96 bits per heavy atom. The van der Waals surface area contributed by atoms with Crippen molar-refractivity contribution in [3.05, 3.63) is 48.2 Å². The second-order valence-corrected chi connectivity index (χ2v) is 5.87. The van der Waals surface area contributed by atoms with Crippen molar-refractivity contribution in [2.45, 2.75) is 39.8 Å². The number of nitrogens with two attached hydrogens (primary N) is 1. The van der Waals surface area contributed by atoms with Gasteiger partial charge in [0.25, 0.3) is 0 Å². The summed E-state index contributed by atoms with van der Waals surface area (Å²) in [6.45, 7) is 7.10. The summed E-state index contributed by atoms with van der Waals surface area (Å²) < 4.78 is 11.7. The number of guanidine groups is 1. The molecule has 0 fully saturated rings. The standard InChI is InChI=1S/C19H26N4O2/c1-4-12-24-16-9-5-6-10-17(16)25-18-15(8-7-11-21-18)13-22-19(20)23-14(2)3/h5-11,14H,4,12-13H2,1-3H3,(H3,20,22,23). The van der Waals surface area contributed by atoms with Crippen molar-refractivity contribution in [1.82, 2.24) is 10.3 Å². The van der Waals surface area contributed by atoms with E-state index in [2.05, 4.69) is 22.2 Å². The molecule has 2 rings (SSSR count). The van der Waals surface area contributed by atoms with E-state index in [1.165, 1.54) is 0 Å². The SMILES string of the molecule is CCCOc1ccccc1Oc1ncccc1CN=C(N)NC(C)C. The van der Waals surface area contributed by atoms with E-state index in [1.807, 2.05) is 50.2 Å². The molecule has 0 aliphatic rings. The summed E-state index contributed by atoms with van der Waals surface area (Å²) in [4.78, 5) is 8.67. The van der Waals surface area contributed by atoms with Crippen molar-refractivity contribution in [3.8, 4) is 17.4 Å². The number of aliphatic imine (C=N–C) groups is 1. The molecule has 0 unspecified atom stereocenters. The first-order chi connectivity index (χ1) is 12.1. The molecule has 1 aromatic heterocycles. The average Bonchev–Trinajstić information content (AvgIpc) is 2.59. The van der Waals surface area contributed by atoms with Crippen molar-refractivity contribution >= 4 is 5.96 Å². The van der Waals surface area contributed by atoms with Crippen LogP contribution in [0.4, 0.5) is 0 Å². The summed E-state index contributed by atoms with van der Waals surface area (Å²) in [6.07, 6.45) is 2.62. The molecule has 2 aromatic rings. The number of hydrogen-bond donors (Lipinski definition) is 2. The highest BCUT2D eigenvalue weighted by Gasteiger charge is 2.10. The van der Waals surface area contributed by atoms with E-state index in [-0.39, 0.29) is 6.04 Å². The van der Waals surface area contributed by atoms with E-state index in [9.17, 15) is 0 Å². The molecular formula is C19H26N4O2. The minimum atomic E-state index is 0.232. The highest BCUT2D eigenvalue weighted by molar-refractivity contribution is 5.78. The number of hydrogen-bond acceptors (Lipinski definition) is 4. The van der Waals surface area contributed by atoms with Gasteiger partial charge in [-0.1, -0.05) is 25.1 Å². The fraction of sp³-hybridized carbons (Fsp3) is 0.368. The second-order valence-electron chi connectivity index (χ2n) is 5.87. The smallest absolute Gasteiger partial charge is 0.224 e. The molecular weight excluding hydrogens is 316 g/mol. The lowest BCUT2D eigenvalue weighted by Crippen LogP contribution is -2.36. The Bertz CT molecular complexity index is 701. The van der Waals surface area contributed by atoms with Crippen LogP contribution in [0.15, 0.2) is 47.6 Å². The number of para-hydroxylation sites is 2. The van der Waals surface area contributed by atoms with Crippen molar-refractivity contribution in [3.63, 3.8) is 0 Å². The summed E-state index contributed by atoms with van der Waals surface area (Å²) >= 11 is 0. The first-order valence-electron chi connectivity index (χ1n) is 8.50. The molecule has 6 heteroatoms. The van der Waals surface area contributed by atoms with E-state index in [0.29, 0.717) is 36.5 Å². The predicted molar refractivity (Wildman–Crippen MR) is 100 cm³/mol. The summed E-state index contributed by atoms with van der Waals surface area (Å²) in [5, 5.41) is 3.06. The molecule has 0 amide bonds. The summed E-state index contributed by atoms with van der Waals surface area (Å²) in [7, 11) is 0. The van der Waals surface area contributed by atoms with Crippen LogP contribution in [0.1, 0.15) is 32.8 Å². The van der Waals surface area contributed by atoms with Crippen molar-refractivity contribution in [2.24, 2.45) is 10.7 Å². The fourth-order valence-electron chi connectivity index (χ4n) is 2.12. The van der Waals surface area contributed by atoms with Crippen LogP contribution >= 0.6 is 0 Å². The molecule has 3 N–H and O–H groups in total. The molecule has 0 bridgehead atoms. The third-order valence-corrected chi connectivity index (χ3v) is 3.22. The topological polar surface area (TPSA) is 81.8 Å². The van der Waals surface area contributed by atoms with Crippen LogP contribution in [0.25, 0.3) is 0 Å². The molecule has 0 saturated carbocycles. The summed E-state index contributed by atoms with van der Waals surface area (Å²) in [5.41, 5.74) is 6.71. The normalized spacial score (nSPS) is 11.4. The number of ether oxygens (including phenoxy) is 2. The quantitative estimate of drug-likeness (QED) is 0.567. The Labute approximate surface area is 149 Å². The largest absolute Gasteiger partial charge is 0.490 e. The average molecular weight is 342 g/mol. The maximum Gasteiger partial charge on any atom is 0.224 e. The van der Waals surface area contributed by atoms with Gasteiger partial charge in [0, 0.05) is 17.8 Å². The lowest BCUT2D eigenvalue weighted by Gasteiger charge is -2.13. The maximum absolute atomic E-state index is 5.98. The fourth-order valence-corrected chi connectivity index (χ4v) is 2.12. The number of pyridine rings is 1. The molecule has 6 nitrogen and oxygen atoms in total. The summed E-state index contributed by atoms with van der Waals surface area (Å²) in [6, 6.07) is 11.6. The van der Waals surface area contributed by atoms with Gasteiger partial charge in [-0.2, -0.15) is 0 Å². The van der Waals surface area contributed by atoms with Gasteiger partial charge in [0.2, 0.25) is 5.88 Å². The molecule has 0 radical (unpaired) electrons. The molecule has 1 aromatic carbocycles. The maximum atomic E-state index is 5.98. The van der Waals surface area contributed by atoms with E-state index in [0.717, 1.165) is 12.0 Å². The van der Waals surface area contributed by atoms with Gasteiger partial charge in [-0.25, -0.2) is 9.98 Å². The zero-order valence-electron chi connectivity index (χ0n) is 15.0. The van der Waals surface area contributed by atoms with Crippen LogP contribution < -0.4 is 20.5 Å². The van der Waals surface area contributed by atoms with Crippen molar-refractivity contribution in [1.29, 1.82) is 0 Å². The van der Waals surface area contributed by atoms with Crippen LogP contribution in [0.5, 0.6) is 17.4 Å². The van der Waals surface area contributed by atoms with Gasteiger partial charge in [-0.15, -0.1) is 0 Å². The van der Waals surface area contributed by atoms with Gasteiger partial charge in [-0.3, -0.25) is 0 Å². The third-order valence-electron chi connectivity index (χ3n) is 3.22. The van der Waals surface area contributed by atoms with Gasteiger partial charge in [0.15, 0.2) is 17.5 Å². The predicted octanol–water partition coefficient (Wildman–Crippen LogP) is 3.48. The summed E-state index contributed by atoms with van der Waals surface area (Å²) in [5.74, 6) is 2.23. The van der Waals surface area contributed by atoms with Gasteiger partial charge in [0.05, 0.1) is 13.2 Å². The minimum absolute atomic E-state index is 0.232. The molecule has 0 aliphatic carbocycles. The third kappa shape index (κ3) is 5.99. The Balaban J connectivity index is 2.16. The Hall–Kier alpha value is -2.76. The molecule has 134 valence electrons. The van der Waals surface area contributed by atoms with Crippen molar-refractivity contribution in [2.75, 3.05) is 6.61 Å². The number of rotatable bonds is 8. The second kappa shape index (κ2) is 9.52. The van der Waals surface area contributed by atoms with E-state index < -0.39 is 0 Å². The van der Waals surface area contributed by atoms with Gasteiger partial charge >= 0.3 is 0 Å². The molecule has 25 heavy (non-hydrogen) atoms. The van der Waals surface area contributed by atoms with Gasteiger partial charge < -0.3 is 20.5 Å². The number of nitrogens with one attached hydrogen (secondary N) is 1. The number of nitrogens with zero attached hydrogens (tertiary/aromatic N) is 2. The zero-order chi connectivity index (χ0) is 18.1. The van der Waals surface area contributed by atoms with E-state index in [4.69, 9.17) is 15.2 Å². The minimum Gasteiger partial charge on any atom is -0.490 e. The molecule has 0 atom stereocenters. The van der Waals surface area contributed by atoms with Crippen LogP contribution in [-0.2, 0) is 6.54 Å². The highest BCUT2D eigenvalue weighted by Crippen LogP contribution is 2.32. The number of aromatic nitrogens is 1.